The predicted molar refractivity (Wildman–Crippen MR) is 101 cm³/mol. The van der Waals surface area contributed by atoms with Gasteiger partial charge in [0.25, 0.3) is 0 Å². The summed E-state index contributed by atoms with van der Waals surface area (Å²) in [5, 5.41) is 2.95. The number of hydrogen-bond donors (Lipinski definition) is 1. The van der Waals surface area contributed by atoms with Crippen molar-refractivity contribution in [3.63, 3.8) is 0 Å². The van der Waals surface area contributed by atoms with E-state index in [1.54, 1.807) is 30.9 Å². The molecule has 1 aromatic carbocycles. The summed E-state index contributed by atoms with van der Waals surface area (Å²) in [5.41, 5.74) is 2.22. The average Bonchev–Trinajstić information content (AvgIpc) is 2.67. The van der Waals surface area contributed by atoms with E-state index in [1.165, 1.54) is 30.5 Å². The van der Waals surface area contributed by atoms with Gasteiger partial charge in [0.15, 0.2) is 0 Å². The summed E-state index contributed by atoms with van der Waals surface area (Å²) >= 11 is 0. The lowest BCUT2D eigenvalue weighted by Crippen LogP contribution is -2.47. The highest BCUT2D eigenvalue weighted by Crippen LogP contribution is 2.19. The molecule has 5 heteroatoms. The van der Waals surface area contributed by atoms with Gasteiger partial charge in [0.05, 0.1) is 0 Å². The number of carbonyl (C=O) groups excluding carboxylic acids is 2. The van der Waals surface area contributed by atoms with Gasteiger partial charge in [0.2, 0.25) is 11.8 Å². The Morgan fingerprint density at radius 3 is 2.58 bits per heavy atom. The molecule has 2 amide bonds. The number of nitrogens with one attached hydrogen (secondary N) is 1. The van der Waals surface area contributed by atoms with E-state index in [1.807, 2.05) is 0 Å². The molecule has 0 aromatic heterocycles. The fraction of sp³-hybridized carbons (Fsp3) is 0.524. The number of amides is 2. The Morgan fingerprint density at radius 2 is 1.96 bits per heavy atom. The molecule has 1 aromatic rings. The van der Waals surface area contributed by atoms with Crippen molar-refractivity contribution in [3.8, 4) is 0 Å². The number of rotatable bonds is 8. The molecule has 0 aliphatic heterocycles. The zero-order valence-corrected chi connectivity index (χ0v) is 15.8. The van der Waals surface area contributed by atoms with Crippen molar-refractivity contribution in [1.82, 2.24) is 10.2 Å². The molecule has 0 heterocycles. The predicted octanol–water partition coefficient (Wildman–Crippen LogP) is 3.96. The smallest absolute Gasteiger partial charge is 0.242 e. The Morgan fingerprint density at radius 1 is 1.23 bits per heavy atom. The molecule has 1 aliphatic carbocycles. The van der Waals surface area contributed by atoms with Gasteiger partial charge in [-0.05, 0) is 56.7 Å². The van der Waals surface area contributed by atoms with Crippen molar-refractivity contribution in [1.29, 1.82) is 0 Å². The van der Waals surface area contributed by atoms with Gasteiger partial charge in [-0.2, -0.15) is 0 Å². The van der Waals surface area contributed by atoms with Crippen molar-refractivity contribution in [2.75, 3.05) is 6.54 Å². The third-order valence-electron chi connectivity index (χ3n) is 4.87. The molecule has 1 unspecified atom stereocenters. The Labute approximate surface area is 155 Å². The van der Waals surface area contributed by atoms with Gasteiger partial charge in [-0.1, -0.05) is 30.7 Å². The fourth-order valence-corrected chi connectivity index (χ4v) is 3.20. The number of nitrogens with zero attached hydrogens (tertiary/aromatic N) is 1. The Kier molecular flexibility index (Phi) is 7.82. The fourth-order valence-electron chi connectivity index (χ4n) is 3.20. The summed E-state index contributed by atoms with van der Waals surface area (Å²) in [6.07, 6.45) is 8.22. The maximum absolute atomic E-state index is 13.1. The largest absolute Gasteiger partial charge is 0.354 e. The molecule has 0 spiro atoms. The molecule has 1 aliphatic rings. The van der Waals surface area contributed by atoms with Gasteiger partial charge in [-0.3, -0.25) is 9.59 Å². The number of benzene rings is 1. The van der Waals surface area contributed by atoms with Crippen LogP contribution in [0, 0.1) is 5.82 Å². The van der Waals surface area contributed by atoms with E-state index in [-0.39, 0.29) is 17.6 Å². The summed E-state index contributed by atoms with van der Waals surface area (Å²) in [6, 6.07) is 5.46. The second kappa shape index (κ2) is 10.1. The lowest BCUT2D eigenvalue weighted by atomic mass is 9.97. The number of hydrogen-bond acceptors (Lipinski definition) is 2. The summed E-state index contributed by atoms with van der Waals surface area (Å²) < 4.78 is 13.1. The Hall–Kier alpha value is -2.17. The second-order valence-electron chi connectivity index (χ2n) is 6.83. The molecule has 1 N–H and O–H groups in total. The van der Waals surface area contributed by atoms with Gasteiger partial charge in [-0.25, -0.2) is 4.39 Å². The quantitative estimate of drug-likeness (QED) is 0.714. The van der Waals surface area contributed by atoms with Gasteiger partial charge in [0.1, 0.15) is 11.9 Å². The first-order chi connectivity index (χ1) is 12.5. The van der Waals surface area contributed by atoms with E-state index in [2.05, 4.69) is 11.4 Å². The third-order valence-corrected chi connectivity index (χ3v) is 4.87. The van der Waals surface area contributed by atoms with Crippen LogP contribution in [0.25, 0.3) is 0 Å². The van der Waals surface area contributed by atoms with Crippen LogP contribution < -0.4 is 5.32 Å². The highest BCUT2D eigenvalue weighted by atomic mass is 19.1. The topological polar surface area (TPSA) is 49.4 Å². The molecule has 0 saturated carbocycles. The molecule has 0 bridgehead atoms. The molecule has 1 atom stereocenters. The van der Waals surface area contributed by atoms with Gasteiger partial charge in [-0.15, -0.1) is 0 Å². The van der Waals surface area contributed by atoms with Crippen LogP contribution >= 0.6 is 0 Å². The SMILES string of the molecule is CCC(=O)N(Cc1ccc(F)cc1)C(C)C(=O)NCCC1=CCCCC1. The first-order valence-corrected chi connectivity index (χ1v) is 9.50. The van der Waals surface area contributed by atoms with Crippen LogP contribution in [0.1, 0.15) is 57.9 Å². The van der Waals surface area contributed by atoms with Crippen molar-refractivity contribution < 1.29 is 14.0 Å². The Bertz CT molecular complexity index is 640. The Balaban J connectivity index is 1.92. The van der Waals surface area contributed by atoms with Crippen molar-refractivity contribution in [2.24, 2.45) is 0 Å². The van der Waals surface area contributed by atoms with Crippen LogP contribution in [0.5, 0.6) is 0 Å². The van der Waals surface area contributed by atoms with Crippen LogP contribution in [-0.2, 0) is 16.1 Å². The van der Waals surface area contributed by atoms with Crippen molar-refractivity contribution >= 4 is 11.8 Å². The second-order valence-corrected chi connectivity index (χ2v) is 6.83. The highest BCUT2D eigenvalue weighted by Gasteiger charge is 2.24. The summed E-state index contributed by atoms with van der Waals surface area (Å²) in [5.74, 6) is -0.554. The molecule has 0 fully saturated rings. The van der Waals surface area contributed by atoms with Gasteiger partial charge in [0, 0.05) is 19.5 Å². The number of halogens is 1. The third kappa shape index (κ3) is 5.97. The van der Waals surface area contributed by atoms with E-state index >= 15 is 0 Å². The average molecular weight is 360 g/mol. The van der Waals surface area contributed by atoms with E-state index in [0.717, 1.165) is 24.8 Å². The molecule has 4 nitrogen and oxygen atoms in total. The maximum Gasteiger partial charge on any atom is 0.242 e. The van der Waals surface area contributed by atoms with E-state index in [4.69, 9.17) is 0 Å². The minimum absolute atomic E-state index is 0.0908. The first kappa shape index (κ1) is 20.1. The lowest BCUT2D eigenvalue weighted by Gasteiger charge is -2.28. The van der Waals surface area contributed by atoms with Crippen LogP contribution in [0.15, 0.2) is 35.9 Å². The summed E-state index contributed by atoms with van der Waals surface area (Å²) in [7, 11) is 0. The first-order valence-electron chi connectivity index (χ1n) is 9.50. The van der Waals surface area contributed by atoms with Crippen molar-refractivity contribution in [3.05, 3.63) is 47.3 Å². The minimum Gasteiger partial charge on any atom is -0.354 e. The van der Waals surface area contributed by atoms with E-state index in [0.29, 0.717) is 19.5 Å². The van der Waals surface area contributed by atoms with Crippen molar-refractivity contribution in [2.45, 2.75) is 65.0 Å². The van der Waals surface area contributed by atoms with Crippen LogP contribution in [0.4, 0.5) is 4.39 Å². The monoisotopic (exact) mass is 360 g/mol. The normalized spacial score (nSPS) is 15.1. The zero-order chi connectivity index (χ0) is 18.9. The number of carbonyl (C=O) groups is 2. The summed E-state index contributed by atoms with van der Waals surface area (Å²) in [4.78, 5) is 26.4. The molecule has 0 saturated heterocycles. The van der Waals surface area contributed by atoms with Crippen LogP contribution in [0.2, 0.25) is 0 Å². The van der Waals surface area contributed by atoms with Gasteiger partial charge >= 0.3 is 0 Å². The molecule has 142 valence electrons. The zero-order valence-electron chi connectivity index (χ0n) is 15.8. The molecule has 2 rings (SSSR count). The van der Waals surface area contributed by atoms with Gasteiger partial charge < -0.3 is 10.2 Å². The highest BCUT2D eigenvalue weighted by molar-refractivity contribution is 5.87. The summed E-state index contributed by atoms with van der Waals surface area (Å²) in [6.45, 7) is 4.42. The standard InChI is InChI=1S/C21H29FN2O2/c1-3-20(25)24(15-18-9-11-19(22)12-10-18)16(2)21(26)23-14-13-17-7-5-4-6-8-17/h7,9-12,16H,3-6,8,13-15H2,1-2H3,(H,23,26). The lowest BCUT2D eigenvalue weighted by molar-refractivity contribution is -0.140. The molecular weight excluding hydrogens is 331 g/mol. The van der Waals surface area contributed by atoms with Crippen LogP contribution in [-0.4, -0.2) is 29.3 Å². The molecule has 26 heavy (non-hydrogen) atoms. The van der Waals surface area contributed by atoms with Crippen LogP contribution in [0.3, 0.4) is 0 Å². The van der Waals surface area contributed by atoms with E-state index in [9.17, 15) is 14.0 Å². The number of allylic oxidation sites excluding steroid dienone is 1. The molecular formula is C21H29FN2O2. The maximum atomic E-state index is 13.1. The van der Waals surface area contributed by atoms with E-state index < -0.39 is 6.04 Å². The molecule has 0 radical (unpaired) electrons. The minimum atomic E-state index is -0.562.